The normalized spacial score (nSPS) is 14.9. The molecule has 0 radical (unpaired) electrons. The third-order valence-electron chi connectivity index (χ3n) is 12.0. The van der Waals surface area contributed by atoms with Crippen LogP contribution in [0.25, 0.3) is 55.0 Å². The standard InChI is InChI=1S/C48H39NO/c1-28-18-19-32(22-29(28)2)49(44-16-11-15-36-35-14-9-10-17-45(35)50-46(36)44)33-20-21-34-38-26-43-39(27-42(38)48(5,6)41(34)25-33)37-23-30-12-7-8-13-31(30)24-40(37)47(43,3)4/h7-27H,1-6H3. The molecule has 0 atom stereocenters. The van der Waals surface area contributed by atoms with Gasteiger partial charge < -0.3 is 9.32 Å². The molecule has 50 heavy (non-hydrogen) atoms. The maximum atomic E-state index is 6.62. The van der Waals surface area contributed by atoms with Crippen molar-refractivity contribution in [3.63, 3.8) is 0 Å². The van der Waals surface area contributed by atoms with Crippen molar-refractivity contribution < 1.29 is 4.42 Å². The Morgan fingerprint density at radius 2 is 1.04 bits per heavy atom. The van der Waals surface area contributed by atoms with Gasteiger partial charge in [0.25, 0.3) is 0 Å². The van der Waals surface area contributed by atoms with Crippen LogP contribution in [0.15, 0.2) is 132 Å². The number of rotatable bonds is 3. The second-order valence-corrected chi connectivity index (χ2v) is 15.5. The molecule has 0 unspecified atom stereocenters. The van der Waals surface area contributed by atoms with E-state index in [4.69, 9.17) is 4.42 Å². The first-order valence-corrected chi connectivity index (χ1v) is 17.8. The van der Waals surface area contributed by atoms with Crippen molar-refractivity contribution in [2.75, 3.05) is 4.90 Å². The van der Waals surface area contributed by atoms with Gasteiger partial charge in [0.15, 0.2) is 5.58 Å². The number of benzene rings is 7. The highest BCUT2D eigenvalue weighted by atomic mass is 16.3. The van der Waals surface area contributed by atoms with E-state index in [0.29, 0.717) is 0 Å². The second-order valence-electron chi connectivity index (χ2n) is 15.5. The summed E-state index contributed by atoms with van der Waals surface area (Å²) >= 11 is 0. The Morgan fingerprint density at radius 3 is 1.80 bits per heavy atom. The molecule has 0 amide bonds. The number of para-hydroxylation sites is 2. The molecule has 10 rings (SSSR count). The van der Waals surface area contributed by atoms with E-state index >= 15 is 0 Å². The third-order valence-corrected chi connectivity index (χ3v) is 12.0. The number of fused-ring (bicyclic) bond motifs is 10. The Hall–Kier alpha value is -5.60. The highest BCUT2D eigenvalue weighted by Crippen LogP contribution is 2.57. The van der Waals surface area contributed by atoms with Gasteiger partial charge in [-0.2, -0.15) is 0 Å². The van der Waals surface area contributed by atoms with E-state index in [2.05, 4.69) is 168 Å². The molecule has 7 aromatic carbocycles. The number of furan rings is 1. The van der Waals surface area contributed by atoms with Crippen molar-refractivity contribution >= 4 is 49.8 Å². The van der Waals surface area contributed by atoms with E-state index in [9.17, 15) is 0 Å². The minimum atomic E-state index is -0.181. The molecule has 0 fully saturated rings. The zero-order valence-corrected chi connectivity index (χ0v) is 29.5. The summed E-state index contributed by atoms with van der Waals surface area (Å²) < 4.78 is 6.62. The topological polar surface area (TPSA) is 16.4 Å². The van der Waals surface area contributed by atoms with Gasteiger partial charge in [-0.3, -0.25) is 0 Å². The molecule has 0 aliphatic heterocycles. The summed E-state index contributed by atoms with van der Waals surface area (Å²) in [5.74, 6) is 0. The van der Waals surface area contributed by atoms with Crippen LogP contribution in [0.5, 0.6) is 0 Å². The largest absolute Gasteiger partial charge is 0.454 e. The van der Waals surface area contributed by atoms with Crippen LogP contribution in [-0.4, -0.2) is 0 Å². The van der Waals surface area contributed by atoms with E-state index in [-0.39, 0.29) is 10.8 Å². The molecule has 0 spiro atoms. The SMILES string of the molecule is Cc1ccc(N(c2ccc3c(c2)C(C)(C)c2cc4c(cc2-3)C(C)(C)c2cc3ccccc3cc2-4)c2cccc3c2oc2ccccc23)cc1C. The van der Waals surface area contributed by atoms with Gasteiger partial charge in [0.05, 0.1) is 5.69 Å². The average Bonchev–Trinajstić information content (AvgIpc) is 3.68. The molecule has 1 heterocycles. The first kappa shape index (κ1) is 29.3. The third kappa shape index (κ3) is 3.91. The molecule has 2 nitrogen and oxygen atoms in total. The highest BCUT2D eigenvalue weighted by Gasteiger charge is 2.42. The Morgan fingerprint density at radius 1 is 0.460 bits per heavy atom. The van der Waals surface area contributed by atoms with Crippen molar-refractivity contribution in [1.29, 1.82) is 0 Å². The fraction of sp³-hybridized carbons (Fsp3) is 0.167. The molecule has 0 N–H and O–H groups in total. The number of aryl methyl sites for hydroxylation is 2. The lowest BCUT2D eigenvalue weighted by Gasteiger charge is -2.28. The predicted octanol–water partition coefficient (Wildman–Crippen LogP) is 13.4. The van der Waals surface area contributed by atoms with Crippen LogP contribution < -0.4 is 4.90 Å². The predicted molar refractivity (Wildman–Crippen MR) is 211 cm³/mol. The molecule has 2 aliphatic carbocycles. The summed E-state index contributed by atoms with van der Waals surface area (Å²) in [6.07, 6.45) is 0. The molecule has 8 aromatic rings. The lowest BCUT2D eigenvalue weighted by atomic mass is 9.79. The van der Waals surface area contributed by atoms with E-state index in [1.165, 1.54) is 66.4 Å². The summed E-state index contributed by atoms with van der Waals surface area (Å²) in [4.78, 5) is 2.39. The van der Waals surface area contributed by atoms with Gasteiger partial charge in [-0.25, -0.2) is 0 Å². The second kappa shape index (κ2) is 9.98. The molecule has 2 aliphatic rings. The van der Waals surface area contributed by atoms with Crippen LogP contribution in [0.4, 0.5) is 17.1 Å². The van der Waals surface area contributed by atoms with Gasteiger partial charge in [0, 0.05) is 33.0 Å². The highest BCUT2D eigenvalue weighted by molar-refractivity contribution is 6.10. The van der Waals surface area contributed by atoms with Gasteiger partial charge in [-0.15, -0.1) is 0 Å². The summed E-state index contributed by atoms with van der Waals surface area (Å²) in [5.41, 5.74) is 18.4. The van der Waals surface area contributed by atoms with E-state index in [1.807, 2.05) is 6.07 Å². The zero-order chi connectivity index (χ0) is 34.1. The first-order valence-electron chi connectivity index (χ1n) is 17.8. The smallest absolute Gasteiger partial charge is 0.159 e. The maximum absolute atomic E-state index is 6.62. The molecule has 0 bridgehead atoms. The molecule has 2 heteroatoms. The number of anilines is 3. The molecule has 0 saturated carbocycles. The van der Waals surface area contributed by atoms with Crippen LogP contribution in [-0.2, 0) is 10.8 Å². The summed E-state index contributed by atoms with van der Waals surface area (Å²) in [6, 6.07) is 47.4. The minimum absolute atomic E-state index is 0.0814. The van der Waals surface area contributed by atoms with Gasteiger partial charge in [0.2, 0.25) is 0 Å². The molecular weight excluding hydrogens is 607 g/mol. The zero-order valence-electron chi connectivity index (χ0n) is 29.5. The van der Waals surface area contributed by atoms with Gasteiger partial charge in [-0.1, -0.05) is 94.4 Å². The molecule has 0 saturated heterocycles. The maximum Gasteiger partial charge on any atom is 0.159 e. The van der Waals surface area contributed by atoms with Crippen molar-refractivity contribution in [3.05, 3.63) is 161 Å². The Balaban J connectivity index is 1.17. The van der Waals surface area contributed by atoms with Crippen LogP contribution in [0.1, 0.15) is 61.1 Å². The van der Waals surface area contributed by atoms with Crippen molar-refractivity contribution in [2.45, 2.75) is 52.4 Å². The lowest BCUT2D eigenvalue weighted by Crippen LogP contribution is -2.17. The number of hydrogen-bond acceptors (Lipinski definition) is 2. The van der Waals surface area contributed by atoms with Gasteiger partial charge in [-0.05, 0) is 141 Å². The molecular formula is C48H39NO. The summed E-state index contributed by atoms with van der Waals surface area (Å²) in [6.45, 7) is 14.0. The van der Waals surface area contributed by atoms with E-state index in [1.54, 1.807) is 0 Å². The molecule has 1 aromatic heterocycles. The fourth-order valence-electron chi connectivity index (χ4n) is 8.97. The van der Waals surface area contributed by atoms with E-state index < -0.39 is 0 Å². The summed E-state index contributed by atoms with van der Waals surface area (Å²) in [7, 11) is 0. The van der Waals surface area contributed by atoms with Gasteiger partial charge in [0.1, 0.15) is 5.58 Å². The van der Waals surface area contributed by atoms with Gasteiger partial charge >= 0.3 is 0 Å². The number of nitrogens with zero attached hydrogens (tertiary/aromatic N) is 1. The van der Waals surface area contributed by atoms with Crippen LogP contribution in [0, 0.1) is 13.8 Å². The fourth-order valence-corrected chi connectivity index (χ4v) is 8.97. The van der Waals surface area contributed by atoms with Crippen molar-refractivity contribution in [2.24, 2.45) is 0 Å². The van der Waals surface area contributed by atoms with Crippen molar-refractivity contribution in [3.8, 4) is 22.3 Å². The quantitative estimate of drug-likeness (QED) is 0.190. The Kier molecular flexibility index (Phi) is 5.86. The van der Waals surface area contributed by atoms with Crippen LogP contribution in [0.2, 0.25) is 0 Å². The summed E-state index contributed by atoms with van der Waals surface area (Å²) in [5, 5.41) is 4.88. The van der Waals surface area contributed by atoms with E-state index in [0.717, 1.165) is 39.0 Å². The first-order chi connectivity index (χ1) is 24.1. The van der Waals surface area contributed by atoms with Crippen LogP contribution >= 0.6 is 0 Å². The van der Waals surface area contributed by atoms with Crippen LogP contribution in [0.3, 0.4) is 0 Å². The Labute approximate surface area is 293 Å². The Bertz CT molecular complexity index is 2740. The lowest BCUT2D eigenvalue weighted by molar-refractivity contribution is 0.652. The average molecular weight is 646 g/mol. The molecule has 242 valence electrons. The van der Waals surface area contributed by atoms with Crippen molar-refractivity contribution in [1.82, 2.24) is 0 Å². The minimum Gasteiger partial charge on any atom is -0.454 e. The number of hydrogen-bond donors (Lipinski definition) is 0. The monoisotopic (exact) mass is 645 g/mol.